The van der Waals surface area contributed by atoms with Crippen LogP contribution in [0.4, 0.5) is 17.6 Å². The van der Waals surface area contributed by atoms with Gasteiger partial charge in [0.15, 0.2) is 0 Å². The Morgan fingerprint density at radius 3 is 1.22 bits per heavy atom. The summed E-state index contributed by atoms with van der Waals surface area (Å²) in [4.78, 5) is 0. The van der Waals surface area contributed by atoms with Crippen LogP contribution in [0.5, 0.6) is 0 Å². The molecule has 2 aliphatic rings. The van der Waals surface area contributed by atoms with Gasteiger partial charge < -0.3 is 8.83 Å². The summed E-state index contributed by atoms with van der Waals surface area (Å²) in [7, 11) is 0. The average Bonchev–Trinajstić information content (AvgIpc) is 3.75. The zero-order chi connectivity index (χ0) is 30.8. The van der Waals surface area contributed by atoms with Crippen molar-refractivity contribution in [3.8, 4) is 22.6 Å². The monoisotopic (exact) mass is 606 g/mol. The van der Waals surface area contributed by atoms with Crippen LogP contribution in [0.1, 0.15) is 22.3 Å². The van der Waals surface area contributed by atoms with Crippen molar-refractivity contribution in [1.29, 1.82) is 0 Å². The van der Waals surface area contributed by atoms with Crippen LogP contribution in [-0.4, -0.2) is 0 Å². The van der Waals surface area contributed by atoms with Crippen LogP contribution in [0.2, 0.25) is 0 Å². The second-order valence-corrected chi connectivity index (χ2v) is 11.8. The van der Waals surface area contributed by atoms with Crippen LogP contribution >= 0.6 is 0 Å². The van der Waals surface area contributed by atoms with Crippen LogP contribution in [0.3, 0.4) is 0 Å². The number of benzene rings is 6. The molecule has 0 aliphatic heterocycles. The van der Waals surface area contributed by atoms with E-state index in [1.807, 2.05) is 72.8 Å². The predicted octanol–water partition coefficient (Wildman–Crippen LogP) is 9.34. The summed E-state index contributed by atoms with van der Waals surface area (Å²) >= 11 is 0. The van der Waals surface area contributed by atoms with Gasteiger partial charge in [-0.3, -0.25) is 0 Å². The molecule has 46 heavy (non-hydrogen) atoms. The third-order valence-corrected chi connectivity index (χ3v) is 9.13. The van der Waals surface area contributed by atoms with E-state index in [2.05, 4.69) is 0 Å². The van der Waals surface area contributed by atoms with Crippen molar-refractivity contribution in [1.82, 2.24) is 0 Å². The highest BCUT2D eigenvalue weighted by molar-refractivity contribution is 6.10. The molecule has 0 amide bonds. The summed E-state index contributed by atoms with van der Waals surface area (Å²) in [6.45, 7) is 0. The summed E-state index contributed by atoms with van der Waals surface area (Å²) in [5, 5.41) is 4.98. The van der Waals surface area contributed by atoms with Gasteiger partial charge in [0.25, 0.3) is 0 Å². The molecule has 2 heterocycles. The van der Waals surface area contributed by atoms with Gasteiger partial charge in [-0.2, -0.15) is 0 Å². The minimum atomic E-state index is -0.668. The summed E-state index contributed by atoms with van der Waals surface area (Å²) in [5.74, 6) is -1.44. The minimum Gasteiger partial charge on any atom is -0.455 e. The summed E-state index contributed by atoms with van der Waals surface area (Å²) in [5.41, 5.74) is 6.66. The molecular formula is C40H18F4O2. The number of para-hydroxylation sites is 2. The van der Waals surface area contributed by atoms with Gasteiger partial charge in [0.1, 0.15) is 46.0 Å². The van der Waals surface area contributed by atoms with Gasteiger partial charge in [-0.15, -0.1) is 0 Å². The predicted molar refractivity (Wildman–Crippen MR) is 170 cm³/mol. The van der Waals surface area contributed by atoms with E-state index >= 15 is 0 Å². The Balaban J connectivity index is 1.34. The molecule has 2 nitrogen and oxygen atoms in total. The second kappa shape index (κ2) is 8.86. The average molecular weight is 607 g/mol. The van der Waals surface area contributed by atoms with E-state index in [9.17, 15) is 17.6 Å². The van der Waals surface area contributed by atoms with Crippen LogP contribution in [0.15, 0.2) is 118 Å². The molecule has 6 heteroatoms. The molecule has 0 unspecified atom stereocenters. The Morgan fingerprint density at radius 1 is 0.413 bits per heavy atom. The largest absolute Gasteiger partial charge is 0.455 e. The summed E-state index contributed by atoms with van der Waals surface area (Å²) in [6, 6.07) is 30.3. The van der Waals surface area contributed by atoms with E-state index in [1.54, 1.807) is 0 Å². The van der Waals surface area contributed by atoms with Crippen molar-refractivity contribution < 1.29 is 26.4 Å². The van der Waals surface area contributed by atoms with Crippen molar-refractivity contribution in [2.24, 2.45) is 0 Å². The van der Waals surface area contributed by atoms with Crippen molar-refractivity contribution in [2.75, 3.05) is 0 Å². The second-order valence-electron chi connectivity index (χ2n) is 11.8. The SMILES string of the molecule is Fc1cc(F)cc(C2=c3cc4cc5c(cc4cc3-c3oc4ccccc4c32)=C(c2cc(F)cc(F)c2)c2c-5oc3ccccc23)c1. The van der Waals surface area contributed by atoms with Gasteiger partial charge in [-0.1, -0.05) is 36.4 Å². The molecular weight excluding hydrogens is 588 g/mol. The molecule has 0 radical (unpaired) electrons. The summed E-state index contributed by atoms with van der Waals surface area (Å²) in [6.07, 6.45) is 0. The molecule has 0 bridgehead atoms. The van der Waals surface area contributed by atoms with Crippen LogP contribution in [-0.2, 0) is 0 Å². The molecule has 2 aliphatic carbocycles. The minimum absolute atomic E-state index is 0.410. The van der Waals surface area contributed by atoms with E-state index in [0.29, 0.717) is 45.0 Å². The van der Waals surface area contributed by atoms with E-state index in [-0.39, 0.29) is 0 Å². The highest BCUT2D eigenvalue weighted by atomic mass is 19.1. The number of furan rings is 2. The van der Waals surface area contributed by atoms with E-state index in [1.165, 1.54) is 24.3 Å². The van der Waals surface area contributed by atoms with Crippen LogP contribution < -0.4 is 10.4 Å². The lowest BCUT2D eigenvalue weighted by Gasteiger charge is -2.08. The lowest BCUT2D eigenvalue weighted by Crippen LogP contribution is -2.10. The Bertz CT molecular complexity index is 2570. The Kier molecular flexibility index (Phi) is 4.90. The number of fused-ring (bicyclic) bond motifs is 11. The van der Waals surface area contributed by atoms with Crippen molar-refractivity contribution >= 4 is 43.9 Å². The normalized spacial score (nSPS) is 13.1. The third kappa shape index (κ3) is 3.41. The highest BCUT2D eigenvalue weighted by Crippen LogP contribution is 2.46. The molecule has 0 saturated carbocycles. The first-order valence-electron chi connectivity index (χ1n) is 14.8. The number of hydrogen-bond donors (Lipinski definition) is 0. The standard InChI is InChI=1S/C40H18F4O2/c41-23-9-21(10-24(42)17-23)35-29-13-19-16-32-30(14-20(19)15-31(29)39-37(35)27-5-1-3-7-33(27)45-39)36(22-11-25(43)18-26(44)12-22)38-28-6-2-4-8-34(28)46-40(32)38/h1-18H. The molecule has 6 aromatic carbocycles. The Hall–Kier alpha value is -5.88. The van der Waals surface area contributed by atoms with Gasteiger partial charge in [0.05, 0.1) is 0 Å². The number of hydrogen-bond acceptors (Lipinski definition) is 2. The van der Waals surface area contributed by atoms with Crippen LogP contribution in [0, 0.1) is 23.3 Å². The maximum Gasteiger partial charge on any atom is 0.143 e. The maximum absolute atomic E-state index is 14.6. The quantitative estimate of drug-likeness (QED) is 0.183. The highest BCUT2D eigenvalue weighted by Gasteiger charge is 2.31. The van der Waals surface area contributed by atoms with Crippen LogP contribution in [0.25, 0.3) is 66.5 Å². The first-order chi connectivity index (χ1) is 22.4. The fourth-order valence-corrected chi connectivity index (χ4v) is 7.37. The Labute approximate surface area is 257 Å². The lowest BCUT2D eigenvalue weighted by atomic mass is 9.96. The Morgan fingerprint density at radius 2 is 0.804 bits per heavy atom. The third-order valence-electron chi connectivity index (χ3n) is 9.13. The van der Waals surface area contributed by atoms with Crippen molar-refractivity contribution in [3.63, 3.8) is 0 Å². The molecule has 0 atom stereocenters. The zero-order valence-corrected chi connectivity index (χ0v) is 23.7. The molecule has 218 valence electrons. The van der Waals surface area contributed by atoms with Crippen molar-refractivity contribution in [3.05, 3.63) is 165 Å². The van der Waals surface area contributed by atoms with Gasteiger partial charge in [-0.05, 0) is 93.0 Å². The fraction of sp³-hybridized carbons (Fsp3) is 0. The van der Waals surface area contributed by atoms with Gasteiger partial charge in [0.2, 0.25) is 0 Å². The van der Waals surface area contributed by atoms with Gasteiger partial charge in [0, 0.05) is 56.3 Å². The molecule has 0 N–H and O–H groups in total. The topological polar surface area (TPSA) is 26.3 Å². The molecule has 10 rings (SSSR count). The maximum atomic E-state index is 14.6. The first-order valence-corrected chi connectivity index (χ1v) is 14.8. The van der Waals surface area contributed by atoms with Gasteiger partial charge >= 0.3 is 0 Å². The van der Waals surface area contributed by atoms with Gasteiger partial charge in [-0.25, -0.2) is 17.6 Å². The fourth-order valence-electron chi connectivity index (χ4n) is 7.37. The molecule has 8 aromatic rings. The smallest absolute Gasteiger partial charge is 0.143 e. The summed E-state index contributed by atoms with van der Waals surface area (Å²) < 4.78 is 71.1. The van der Waals surface area contributed by atoms with E-state index in [4.69, 9.17) is 8.83 Å². The lowest BCUT2D eigenvalue weighted by molar-refractivity contribution is 0.581. The first kappa shape index (κ1) is 25.4. The molecule has 0 spiro atoms. The van der Waals surface area contributed by atoms with Crippen molar-refractivity contribution in [2.45, 2.75) is 0 Å². The molecule has 0 fully saturated rings. The van der Waals surface area contributed by atoms with E-state index in [0.717, 1.165) is 66.4 Å². The van der Waals surface area contributed by atoms with E-state index < -0.39 is 23.3 Å². The molecule has 2 aromatic heterocycles. The zero-order valence-electron chi connectivity index (χ0n) is 23.7. The number of rotatable bonds is 2. The number of halogens is 4. The molecule has 0 saturated heterocycles.